The van der Waals surface area contributed by atoms with Crippen molar-refractivity contribution in [3.63, 3.8) is 0 Å². The van der Waals surface area contributed by atoms with E-state index in [1.54, 1.807) is 0 Å². The fourth-order valence-corrected chi connectivity index (χ4v) is 0.817. The van der Waals surface area contributed by atoms with Gasteiger partial charge >= 0.3 is 0 Å². The minimum absolute atomic E-state index is 0.919. The molecule has 0 saturated carbocycles. The van der Waals surface area contributed by atoms with Crippen LogP contribution in [0.1, 0.15) is 25.0 Å². The molecule has 0 aromatic heterocycles. The number of aryl methyl sites for hydroxylation is 1. The van der Waals surface area contributed by atoms with Gasteiger partial charge < -0.3 is 5.21 Å². The Bertz CT molecular complexity index is 243. The molecule has 0 spiro atoms. The maximum atomic E-state index is 8.18. The molecule has 0 saturated heterocycles. The van der Waals surface area contributed by atoms with Crippen molar-refractivity contribution in [2.45, 2.75) is 20.8 Å². The predicted molar refractivity (Wildman–Crippen MR) is 51.9 cm³/mol. The van der Waals surface area contributed by atoms with Gasteiger partial charge in [-0.3, -0.25) is 0 Å². The lowest BCUT2D eigenvalue weighted by atomic mass is 10.2. The van der Waals surface area contributed by atoms with Gasteiger partial charge in [0, 0.05) is 0 Å². The van der Waals surface area contributed by atoms with Crippen LogP contribution < -0.4 is 0 Å². The minimum atomic E-state index is 0.919. The van der Waals surface area contributed by atoms with Crippen molar-refractivity contribution in [1.29, 1.82) is 0 Å². The molecule has 0 fully saturated rings. The van der Waals surface area contributed by atoms with E-state index in [0.717, 1.165) is 11.1 Å². The van der Waals surface area contributed by atoms with Crippen LogP contribution in [0.4, 0.5) is 0 Å². The van der Waals surface area contributed by atoms with Crippen LogP contribution in [0.5, 0.6) is 0 Å². The van der Waals surface area contributed by atoms with Crippen molar-refractivity contribution in [3.05, 3.63) is 35.4 Å². The van der Waals surface area contributed by atoms with E-state index in [-0.39, 0.29) is 0 Å². The highest BCUT2D eigenvalue weighted by molar-refractivity contribution is 5.79. The minimum Gasteiger partial charge on any atom is -0.411 e. The van der Waals surface area contributed by atoms with Crippen molar-refractivity contribution in [2.24, 2.45) is 5.16 Å². The van der Waals surface area contributed by atoms with Crippen molar-refractivity contribution in [1.82, 2.24) is 0 Å². The Labute approximate surface area is 73.5 Å². The second-order valence-electron chi connectivity index (χ2n) is 2.16. The molecule has 66 valence electrons. The summed E-state index contributed by atoms with van der Waals surface area (Å²) in [7, 11) is 0. The zero-order valence-electron chi connectivity index (χ0n) is 7.78. The molecule has 1 rings (SSSR count). The highest BCUT2D eigenvalue weighted by atomic mass is 16.4. The van der Waals surface area contributed by atoms with Crippen molar-refractivity contribution in [2.75, 3.05) is 0 Å². The normalized spacial score (nSPS) is 9.25. The Hall–Kier alpha value is -1.31. The van der Waals surface area contributed by atoms with Gasteiger partial charge in [0.25, 0.3) is 0 Å². The largest absolute Gasteiger partial charge is 0.411 e. The van der Waals surface area contributed by atoms with Crippen LogP contribution >= 0.6 is 0 Å². The molecule has 0 unspecified atom stereocenters. The Balaban J connectivity index is 0.000000561. The number of nitrogens with zero attached hydrogens (tertiary/aromatic N) is 1. The lowest BCUT2D eigenvalue weighted by molar-refractivity contribution is 0.322. The fraction of sp³-hybridized carbons (Fsp3) is 0.300. The molecule has 2 heteroatoms. The highest BCUT2D eigenvalue weighted by Gasteiger charge is 1.86. The molecule has 0 aliphatic carbocycles. The number of rotatable bonds is 1. The van der Waals surface area contributed by atoms with Gasteiger partial charge in [0.15, 0.2) is 0 Å². The van der Waals surface area contributed by atoms with E-state index in [1.165, 1.54) is 6.21 Å². The van der Waals surface area contributed by atoms with Gasteiger partial charge in [-0.1, -0.05) is 48.8 Å². The average Bonchev–Trinajstić information content (AvgIpc) is 2.09. The molecule has 12 heavy (non-hydrogen) atoms. The lowest BCUT2D eigenvalue weighted by Gasteiger charge is -1.91. The zero-order valence-corrected chi connectivity index (χ0v) is 7.78. The van der Waals surface area contributed by atoms with Gasteiger partial charge in [-0.2, -0.15) is 0 Å². The first kappa shape index (κ1) is 10.7. The van der Waals surface area contributed by atoms with E-state index in [0.29, 0.717) is 0 Å². The smallest absolute Gasteiger partial charge is 0.0733 e. The van der Waals surface area contributed by atoms with Gasteiger partial charge in [0.1, 0.15) is 0 Å². The topological polar surface area (TPSA) is 32.6 Å². The maximum Gasteiger partial charge on any atom is 0.0733 e. The number of hydrogen-bond acceptors (Lipinski definition) is 2. The number of benzene rings is 1. The van der Waals surface area contributed by atoms with Gasteiger partial charge in [0.05, 0.1) is 6.21 Å². The highest BCUT2D eigenvalue weighted by Crippen LogP contribution is 2.00. The maximum absolute atomic E-state index is 8.18. The van der Waals surface area contributed by atoms with E-state index in [1.807, 2.05) is 45.0 Å². The SMILES string of the molecule is CC.Cc1cccc(/C=N/O)c1. The molecule has 0 aliphatic rings. The molecule has 1 N–H and O–H groups in total. The molecule has 0 bridgehead atoms. The van der Waals surface area contributed by atoms with E-state index in [2.05, 4.69) is 5.16 Å². The summed E-state index contributed by atoms with van der Waals surface area (Å²) in [6.45, 7) is 5.99. The molecular weight excluding hydrogens is 150 g/mol. The van der Waals surface area contributed by atoms with Gasteiger partial charge in [-0.15, -0.1) is 0 Å². The molecule has 0 atom stereocenters. The molecule has 0 radical (unpaired) electrons. The van der Waals surface area contributed by atoms with Crippen LogP contribution in [0, 0.1) is 6.92 Å². The summed E-state index contributed by atoms with van der Waals surface area (Å²) in [4.78, 5) is 0. The summed E-state index contributed by atoms with van der Waals surface area (Å²) in [6.07, 6.45) is 1.41. The zero-order chi connectivity index (χ0) is 9.40. The first-order valence-electron chi connectivity index (χ1n) is 4.07. The van der Waals surface area contributed by atoms with Crippen molar-refractivity contribution in [3.8, 4) is 0 Å². The molecule has 1 aromatic carbocycles. The van der Waals surface area contributed by atoms with Crippen LogP contribution in [-0.2, 0) is 0 Å². The Morgan fingerprint density at radius 3 is 2.50 bits per heavy atom. The van der Waals surface area contributed by atoms with Gasteiger partial charge in [0.2, 0.25) is 0 Å². The van der Waals surface area contributed by atoms with Crippen LogP contribution in [0.2, 0.25) is 0 Å². The molecule has 2 nitrogen and oxygen atoms in total. The van der Waals surface area contributed by atoms with E-state index < -0.39 is 0 Å². The average molecular weight is 165 g/mol. The van der Waals surface area contributed by atoms with Gasteiger partial charge in [-0.25, -0.2) is 0 Å². The monoisotopic (exact) mass is 165 g/mol. The Kier molecular flexibility index (Phi) is 5.70. The third kappa shape index (κ3) is 3.76. The van der Waals surface area contributed by atoms with Crippen molar-refractivity contribution < 1.29 is 5.21 Å². The van der Waals surface area contributed by atoms with Crippen LogP contribution in [0.3, 0.4) is 0 Å². The molecule has 0 amide bonds. The molecule has 0 heterocycles. The van der Waals surface area contributed by atoms with Crippen LogP contribution in [0.15, 0.2) is 29.4 Å². The predicted octanol–water partition coefficient (Wildman–Crippen LogP) is 2.83. The van der Waals surface area contributed by atoms with E-state index >= 15 is 0 Å². The summed E-state index contributed by atoms with van der Waals surface area (Å²) < 4.78 is 0. The summed E-state index contributed by atoms with van der Waals surface area (Å²) in [5.74, 6) is 0. The summed E-state index contributed by atoms with van der Waals surface area (Å²) in [5, 5.41) is 11.1. The van der Waals surface area contributed by atoms with Crippen molar-refractivity contribution >= 4 is 6.21 Å². The quantitative estimate of drug-likeness (QED) is 0.387. The first-order valence-corrected chi connectivity index (χ1v) is 4.07. The number of oxime groups is 1. The van der Waals surface area contributed by atoms with Gasteiger partial charge in [-0.05, 0) is 12.5 Å². The summed E-state index contributed by atoms with van der Waals surface area (Å²) in [5.41, 5.74) is 2.08. The standard InChI is InChI=1S/C8H9NO.C2H6/c1-7-3-2-4-8(5-7)6-9-10;1-2/h2-6,10H,1H3;1-2H3/b9-6+;. The second-order valence-corrected chi connectivity index (χ2v) is 2.16. The fourth-order valence-electron chi connectivity index (χ4n) is 0.817. The van der Waals surface area contributed by atoms with Crippen LogP contribution in [-0.4, -0.2) is 11.4 Å². The molecular formula is C10H15NO. The third-order valence-electron chi connectivity index (χ3n) is 1.25. The summed E-state index contributed by atoms with van der Waals surface area (Å²) >= 11 is 0. The van der Waals surface area contributed by atoms with Crippen LogP contribution in [0.25, 0.3) is 0 Å². The molecule has 1 aromatic rings. The summed E-state index contributed by atoms with van der Waals surface area (Å²) in [6, 6.07) is 7.74. The lowest BCUT2D eigenvalue weighted by Crippen LogP contribution is -1.80. The molecule has 0 aliphatic heterocycles. The Morgan fingerprint density at radius 2 is 2.00 bits per heavy atom. The first-order chi connectivity index (χ1) is 5.83. The van der Waals surface area contributed by atoms with E-state index in [4.69, 9.17) is 5.21 Å². The van der Waals surface area contributed by atoms with E-state index in [9.17, 15) is 0 Å². The Morgan fingerprint density at radius 1 is 1.33 bits per heavy atom. The number of hydrogen-bond donors (Lipinski definition) is 1. The second kappa shape index (κ2) is 6.40. The third-order valence-corrected chi connectivity index (χ3v) is 1.25.